The van der Waals surface area contributed by atoms with E-state index < -0.39 is 0 Å². The summed E-state index contributed by atoms with van der Waals surface area (Å²) in [6, 6.07) is 6.55. The molecule has 4 nitrogen and oxygen atoms in total. The van der Waals surface area contributed by atoms with Gasteiger partial charge in [-0.1, -0.05) is 12.1 Å². The second kappa shape index (κ2) is 5.72. The Morgan fingerprint density at radius 1 is 1.42 bits per heavy atom. The van der Waals surface area contributed by atoms with E-state index in [0.29, 0.717) is 12.5 Å². The summed E-state index contributed by atoms with van der Waals surface area (Å²) >= 11 is 0. The maximum atomic E-state index is 11.7. The first-order chi connectivity index (χ1) is 9.04. The average Bonchev–Trinajstić information content (AvgIpc) is 2.65. The van der Waals surface area contributed by atoms with Crippen LogP contribution in [0.3, 0.4) is 0 Å². The van der Waals surface area contributed by atoms with Gasteiger partial charge in [0.1, 0.15) is 0 Å². The summed E-state index contributed by atoms with van der Waals surface area (Å²) in [5.41, 5.74) is 3.36. The number of carbonyl (C=O) groups is 1. The zero-order chi connectivity index (χ0) is 14.0. The van der Waals surface area contributed by atoms with Crippen molar-refractivity contribution in [1.29, 1.82) is 0 Å². The molecule has 0 radical (unpaired) electrons. The molecule has 0 saturated carbocycles. The molecule has 1 aliphatic heterocycles. The lowest BCUT2D eigenvalue weighted by atomic mass is 9.98. The number of aliphatic hydroxyl groups excluding tert-OH is 1. The van der Waals surface area contributed by atoms with Gasteiger partial charge in [0.05, 0.1) is 6.42 Å². The largest absolute Gasteiger partial charge is 0.396 e. The summed E-state index contributed by atoms with van der Waals surface area (Å²) in [4.78, 5) is 15.6. The Kier molecular flexibility index (Phi) is 4.22. The number of likely N-dealkylation sites (N-methyl/N-ethyl adjacent to an activating group) is 1. The molecule has 4 heteroatoms. The number of hydrogen-bond donors (Lipinski definition) is 1. The van der Waals surface area contributed by atoms with Crippen LogP contribution in [0.5, 0.6) is 0 Å². The predicted molar refractivity (Wildman–Crippen MR) is 76.3 cm³/mol. The van der Waals surface area contributed by atoms with Gasteiger partial charge in [-0.2, -0.15) is 0 Å². The minimum Gasteiger partial charge on any atom is -0.396 e. The van der Waals surface area contributed by atoms with Crippen molar-refractivity contribution in [2.45, 2.75) is 25.3 Å². The van der Waals surface area contributed by atoms with Crippen LogP contribution in [0.15, 0.2) is 18.2 Å². The Bertz CT molecular complexity index is 471. The van der Waals surface area contributed by atoms with Crippen LogP contribution in [0, 0.1) is 0 Å². The van der Waals surface area contributed by atoms with Crippen molar-refractivity contribution in [2.24, 2.45) is 0 Å². The van der Waals surface area contributed by atoms with Crippen molar-refractivity contribution in [3.63, 3.8) is 0 Å². The molecule has 1 amide bonds. The van der Waals surface area contributed by atoms with E-state index in [2.05, 4.69) is 17.0 Å². The summed E-state index contributed by atoms with van der Waals surface area (Å²) in [6.45, 7) is 0.219. The Hall–Kier alpha value is -1.39. The molecule has 0 bridgehead atoms. The van der Waals surface area contributed by atoms with E-state index in [4.69, 9.17) is 5.11 Å². The van der Waals surface area contributed by atoms with Gasteiger partial charge < -0.3 is 14.9 Å². The van der Waals surface area contributed by atoms with E-state index >= 15 is 0 Å². The molecule has 0 spiro atoms. The van der Waals surface area contributed by atoms with Gasteiger partial charge in [-0.05, 0) is 44.1 Å². The Morgan fingerprint density at radius 3 is 2.79 bits per heavy atom. The minimum atomic E-state index is 0.156. The molecule has 1 unspecified atom stereocenters. The van der Waals surface area contributed by atoms with E-state index in [1.807, 2.05) is 27.2 Å². The molecule has 0 aliphatic carbocycles. The van der Waals surface area contributed by atoms with E-state index in [-0.39, 0.29) is 12.5 Å². The quantitative estimate of drug-likeness (QED) is 0.876. The third-order valence-electron chi connectivity index (χ3n) is 3.82. The van der Waals surface area contributed by atoms with Gasteiger partial charge in [0.25, 0.3) is 0 Å². The minimum absolute atomic E-state index is 0.156. The Balaban J connectivity index is 2.26. The van der Waals surface area contributed by atoms with Gasteiger partial charge in [-0.3, -0.25) is 4.79 Å². The molecule has 0 saturated heterocycles. The molecule has 104 valence electrons. The second-order valence-corrected chi connectivity index (χ2v) is 5.36. The highest BCUT2D eigenvalue weighted by Gasteiger charge is 2.25. The molecule has 19 heavy (non-hydrogen) atoms. The van der Waals surface area contributed by atoms with Crippen molar-refractivity contribution in [2.75, 3.05) is 32.6 Å². The van der Waals surface area contributed by atoms with Gasteiger partial charge in [-0.25, -0.2) is 0 Å². The summed E-state index contributed by atoms with van der Waals surface area (Å²) in [5, 5.41) is 9.00. The monoisotopic (exact) mass is 262 g/mol. The fraction of sp³-hybridized carbons (Fsp3) is 0.533. The van der Waals surface area contributed by atoms with Gasteiger partial charge in [-0.15, -0.1) is 0 Å². The maximum absolute atomic E-state index is 11.7. The van der Waals surface area contributed by atoms with Crippen LogP contribution >= 0.6 is 0 Å². The van der Waals surface area contributed by atoms with Crippen molar-refractivity contribution < 1.29 is 9.90 Å². The lowest BCUT2D eigenvalue weighted by Gasteiger charge is -2.25. The third kappa shape index (κ3) is 2.80. The van der Waals surface area contributed by atoms with Crippen molar-refractivity contribution in [3.05, 3.63) is 29.3 Å². The van der Waals surface area contributed by atoms with Crippen LogP contribution in [0.2, 0.25) is 0 Å². The lowest BCUT2D eigenvalue weighted by Crippen LogP contribution is -2.21. The number of benzene rings is 1. The molecule has 1 aliphatic rings. The first kappa shape index (κ1) is 14.0. The number of anilines is 1. The first-order valence-corrected chi connectivity index (χ1v) is 6.71. The average molecular weight is 262 g/mol. The second-order valence-electron chi connectivity index (χ2n) is 5.36. The van der Waals surface area contributed by atoms with Crippen LogP contribution in [0.25, 0.3) is 0 Å². The number of carbonyl (C=O) groups excluding carboxylic acids is 1. The Morgan fingerprint density at radius 2 is 2.16 bits per heavy atom. The van der Waals surface area contributed by atoms with Crippen LogP contribution in [0.4, 0.5) is 5.69 Å². The highest BCUT2D eigenvalue weighted by Crippen LogP contribution is 2.32. The highest BCUT2D eigenvalue weighted by molar-refractivity contribution is 6.00. The summed E-state index contributed by atoms with van der Waals surface area (Å²) in [6.07, 6.45) is 2.21. The fourth-order valence-corrected chi connectivity index (χ4v) is 2.71. The highest BCUT2D eigenvalue weighted by atomic mass is 16.2. The molecule has 1 aromatic carbocycles. The molecule has 0 fully saturated rings. The van der Waals surface area contributed by atoms with Gasteiger partial charge in [0.2, 0.25) is 5.91 Å². The first-order valence-electron chi connectivity index (χ1n) is 6.71. The SMILES string of the molecule is CN1C(=O)Cc2cc(C(CCCO)N(C)C)ccc21. The third-order valence-corrected chi connectivity index (χ3v) is 3.82. The maximum Gasteiger partial charge on any atom is 0.231 e. The molecular weight excluding hydrogens is 240 g/mol. The van der Waals surface area contributed by atoms with Gasteiger partial charge in [0.15, 0.2) is 0 Å². The van der Waals surface area contributed by atoms with Crippen molar-refractivity contribution in [1.82, 2.24) is 4.90 Å². The van der Waals surface area contributed by atoms with Gasteiger partial charge in [0, 0.05) is 25.4 Å². The van der Waals surface area contributed by atoms with Crippen molar-refractivity contribution in [3.8, 4) is 0 Å². The predicted octanol–water partition coefficient (Wildman–Crippen LogP) is 1.58. The van der Waals surface area contributed by atoms with E-state index in [1.54, 1.807) is 4.90 Å². The standard InChI is InChI=1S/C15H22N2O2/c1-16(2)13(5-4-8-18)11-6-7-14-12(9-11)10-15(19)17(14)3/h6-7,9,13,18H,4-5,8,10H2,1-3H3. The summed E-state index contributed by atoms with van der Waals surface area (Å²) in [5.74, 6) is 0.156. The van der Waals surface area contributed by atoms with Crippen LogP contribution in [-0.2, 0) is 11.2 Å². The van der Waals surface area contributed by atoms with Gasteiger partial charge >= 0.3 is 0 Å². The van der Waals surface area contributed by atoms with Crippen LogP contribution < -0.4 is 4.90 Å². The van der Waals surface area contributed by atoms with E-state index in [0.717, 1.165) is 24.1 Å². The lowest BCUT2D eigenvalue weighted by molar-refractivity contribution is -0.117. The molecule has 2 rings (SSSR count). The smallest absolute Gasteiger partial charge is 0.231 e. The molecule has 0 aromatic heterocycles. The fourth-order valence-electron chi connectivity index (χ4n) is 2.71. The van der Waals surface area contributed by atoms with E-state index in [9.17, 15) is 4.79 Å². The topological polar surface area (TPSA) is 43.8 Å². The number of hydrogen-bond acceptors (Lipinski definition) is 3. The van der Waals surface area contributed by atoms with E-state index in [1.165, 1.54) is 5.56 Å². The number of aliphatic hydroxyl groups is 1. The molecule has 1 atom stereocenters. The molecule has 1 N–H and O–H groups in total. The number of fused-ring (bicyclic) bond motifs is 1. The van der Waals surface area contributed by atoms with Crippen LogP contribution in [-0.4, -0.2) is 43.7 Å². The summed E-state index contributed by atoms with van der Waals surface area (Å²) < 4.78 is 0. The molecule has 1 aromatic rings. The van der Waals surface area contributed by atoms with Crippen LogP contribution in [0.1, 0.15) is 30.0 Å². The number of rotatable bonds is 5. The van der Waals surface area contributed by atoms with Crippen molar-refractivity contribution >= 4 is 11.6 Å². The number of nitrogens with zero attached hydrogens (tertiary/aromatic N) is 2. The number of amides is 1. The summed E-state index contributed by atoms with van der Waals surface area (Å²) in [7, 11) is 5.92. The normalized spacial score (nSPS) is 16.1. The molecule has 1 heterocycles. The zero-order valence-corrected chi connectivity index (χ0v) is 11.9. The zero-order valence-electron chi connectivity index (χ0n) is 11.9. The Labute approximate surface area is 114 Å². The molecular formula is C15H22N2O2.